The number of carbonyl (C=O) groups is 4. The lowest BCUT2D eigenvalue weighted by molar-refractivity contribution is -0.172. The fourth-order valence-corrected chi connectivity index (χ4v) is 21.7. The number of aliphatic imine (C=N–C) groups is 1. The van der Waals surface area contributed by atoms with Gasteiger partial charge in [-0.15, -0.1) is 0 Å². The van der Waals surface area contributed by atoms with Crippen LogP contribution in [0.5, 0.6) is 17.2 Å². The predicted molar refractivity (Wildman–Crippen MR) is 606 cm³/mol. The zero-order valence-electron chi connectivity index (χ0n) is 90.5. The SMILES string of the molecule is CCCCC/C=C\C/C=C\CCCCCCCCN=C(N)Oc1ccc2nc3c(c(CC)c2c1)Cn1c-3cc2c(c1=O)CCC(=O)[C@]2(O)CC.CCCCC/C=C\C/C=C\CCCCCCCCNC(=O)Oc1ccc2nc3c(c(CC)c2c1)Cn1c-3cc2c(c1=O)COC(=O)[C@]2(O)CC.CCCCC/C=C\C/C=C\CCCCCCCCNC(=S)Oc1ccc2nc3c(c(CC)c2c1)Cn1c-3cc2c(c1=O)COC(=O)[C@]2(O)CC. The van der Waals surface area contributed by atoms with Gasteiger partial charge in [-0.05, 0) is 262 Å². The summed E-state index contributed by atoms with van der Waals surface area (Å²) < 4.78 is 33.1. The largest absolute Gasteiger partial charge is 0.458 e. The van der Waals surface area contributed by atoms with Crippen LogP contribution in [0.15, 0.2) is 165 Å². The number of nitrogens with zero attached hydrogens (tertiary/aromatic N) is 7. The summed E-state index contributed by atoms with van der Waals surface area (Å²) in [6.45, 7) is 20.9. The Hall–Kier alpha value is -12.1. The number of allylic oxidation sites excluding steroid dienone is 12. The molecule has 15 rings (SSSR count). The van der Waals surface area contributed by atoms with E-state index < -0.39 is 34.8 Å². The highest BCUT2D eigenvalue weighted by molar-refractivity contribution is 7.80. The zero-order valence-corrected chi connectivity index (χ0v) is 91.3. The number of aliphatic hydroxyl groups is 3. The molecule has 25 nitrogen and oxygen atoms in total. The number of rotatable bonds is 54. The van der Waals surface area contributed by atoms with Crippen LogP contribution in [-0.2, 0) is 99.2 Å². The maximum Gasteiger partial charge on any atom is 0.412 e. The number of amides is 1. The highest BCUT2D eigenvalue weighted by Crippen LogP contribution is 2.46. The second-order valence-corrected chi connectivity index (χ2v) is 41.1. The summed E-state index contributed by atoms with van der Waals surface area (Å²) in [5.74, 6) is -0.0358. The molecule has 26 heteroatoms. The molecule has 0 saturated heterocycles. The molecule has 7 N–H and O–H groups in total. The normalized spacial score (nSPS) is 16.7. The van der Waals surface area contributed by atoms with E-state index in [9.17, 15) is 48.9 Å². The van der Waals surface area contributed by atoms with Crippen molar-refractivity contribution in [3.05, 3.63) is 244 Å². The van der Waals surface area contributed by atoms with Gasteiger partial charge in [0.15, 0.2) is 17.0 Å². The van der Waals surface area contributed by atoms with E-state index in [1.807, 2.05) is 61.5 Å². The third-order valence-electron chi connectivity index (χ3n) is 30.3. The van der Waals surface area contributed by atoms with Crippen LogP contribution in [0.25, 0.3) is 66.9 Å². The van der Waals surface area contributed by atoms with Gasteiger partial charge in [0.25, 0.3) is 27.9 Å². The molecule has 3 atom stereocenters. The molecule has 0 spiro atoms. The van der Waals surface area contributed by atoms with E-state index >= 15 is 0 Å². The lowest BCUT2D eigenvalue weighted by Crippen LogP contribution is -2.44. The van der Waals surface area contributed by atoms with E-state index in [0.717, 1.165) is 163 Å². The Kier molecular flexibility index (Phi) is 44.0. The molecular weight excluding hydrogens is 1900 g/mol. The Labute approximate surface area is 891 Å². The van der Waals surface area contributed by atoms with Crippen molar-refractivity contribution in [3.8, 4) is 51.4 Å². The summed E-state index contributed by atoms with van der Waals surface area (Å²) in [5, 5.41) is 42.9. The number of aromatic nitrogens is 6. The number of nitrogens with one attached hydrogen (secondary N) is 2. The van der Waals surface area contributed by atoms with E-state index in [1.165, 1.54) is 154 Å². The van der Waals surface area contributed by atoms with Gasteiger partial charge in [-0.25, -0.2) is 34.3 Å². The highest BCUT2D eigenvalue weighted by Gasteiger charge is 2.49. The number of carbonyl (C=O) groups excluding carboxylic acids is 4. The van der Waals surface area contributed by atoms with Gasteiger partial charge in [0.2, 0.25) is 0 Å². The number of benzene rings is 3. The van der Waals surface area contributed by atoms with Gasteiger partial charge in [0.1, 0.15) is 36.1 Å². The second kappa shape index (κ2) is 57.4. The molecule has 5 aliphatic heterocycles. The summed E-state index contributed by atoms with van der Waals surface area (Å²) in [5.41, 5.74) is 14.6. The maximum atomic E-state index is 13.7. The van der Waals surface area contributed by atoms with Crippen LogP contribution in [0.4, 0.5) is 4.79 Å². The Morgan fingerprint density at radius 1 is 0.393 bits per heavy atom. The molecule has 1 aliphatic carbocycles. The molecule has 6 aromatic heterocycles. The van der Waals surface area contributed by atoms with Crippen LogP contribution < -0.4 is 47.3 Å². The number of hydrogen-bond donors (Lipinski definition) is 6. The fraction of sp³-hybridized carbons (Fsp3) is 0.516. The third kappa shape index (κ3) is 28.6. The van der Waals surface area contributed by atoms with Crippen molar-refractivity contribution in [2.24, 2.45) is 10.7 Å². The van der Waals surface area contributed by atoms with E-state index in [0.29, 0.717) is 135 Å². The van der Waals surface area contributed by atoms with Gasteiger partial charge >= 0.3 is 18.0 Å². The molecule has 3 aromatic carbocycles. The highest BCUT2D eigenvalue weighted by atomic mass is 32.1. The third-order valence-corrected chi connectivity index (χ3v) is 30.6. The molecule has 150 heavy (non-hydrogen) atoms. The molecule has 11 heterocycles. The minimum absolute atomic E-state index is 0.0898. The van der Waals surface area contributed by atoms with Crippen molar-refractivity contribution in [1.82, 2.24) is 39.3 Å². The van der Waals surface area contributed by atoms with Crippen molar-refractivity contribution >= 4 is 79.9 Å². The van der Waals surface area contributed by atoms with E-state index in [-0.39, 0.29) is 67.4 Å². The molecule has 0 unspecified atom stereocenters. The molecule has 1 amide bonds. The average molecular weight is 2060 g/mol. The first-order valence-electron chi connectivity index (χ1n) is 56.5. The van der Waals surface area contributed by atoms with Crippen LogP contribution in [0.1, 0.15) is 386 Å². The number of Topliss-reactive ketones (excluding diaryl/α,β-unsaturated/α-hetero) is 1. The van der Waals surface area contributed by atoms with Crippen LogP contribution in [-0.4, -0.2) is 98.6 Å². The van der Waals surface area contributed by atoms with Crippen LogP contribution in [0, 0.1) is 0 Å². The fourth-order valence-electron chi connectivity index (χ4n) is 21.5. The van der Waals surface area contributed by atoms with Crippen LogP contribution >= 0.6 is 12.2 Å². The van der Waals surface area contributed by atoms with Crippen molar-refractivity contribution in [3.63, 3.8) is 0 Å². The first kappa shape index (κ1) is 115. The van der Waals surface area contributed by atoms with E-state index in [1.54, 1.807) is 52.7 Å². The topological polar surface area (TPSA) is 342 Å². The Balaban J connectivity index is 0.000000187. The second-order valence-electron chi connectivity index (χ2n) is 40.7. The van der Waals surface area contributed by atoms with E-state index in [2.05, 4.69) is 123 Å². The molecule has 9 aromatic rings. The van der Waals surface area contributed by atoms with Crippen molar-refractivity contribution in [1.29, 1.82) is 0 Å². The first-order chi connectivity index (χ1) is 72.9. The smallest absolute Gasteiger partial charge is 0.412 e. The Morgan fingerprint density at radius 3 is 1.09 bits per heavy atom. The quantitative estimate of drug-likeness (QED) is 0.00515. The predicted octanol–water partition coefficient (Wildman–Crippen LogP) is 25.9. The van der Waals surface area contributed by atoms with Crippen molar-refractivity contribution < 1.29 is 58.2 Å². The van der Waals surface area contributed by atoms with Crippen molar-refractivity contribution in [2.75, 3.05) is 19.6 Å². The van der Waals surface area contributed by atoms with Gasteiger partial charge in [-0.2, -0.15) is 0 Å². The number of aryl methyl sites for hydroxylation is 3. The minimum Gasteiger partial charge on any atom is -0.458 e. The van der Waals surface area contributed by atoms with Crippen LogP contribution in [0.2, 0.25) is 0 Å². The Morgan fingerprint density at radius 2 is 0.720 bits per heavy atom. The summed E-state index contributed by atoms with van der Waals surface area (Å²) in [7, 11) is 0. The van der Waals surface area contributed by atoms with Crippen LogP contribution in [0.3, 0.4) is 0 Å². The van der Waals surface area contributed by atoms with Gasteiger partial charge in [-0.1, -0.05) is 251 Å². The number of hydrogen-bond acceptors (Lipinski definition) is 20. The number of unbranched alkanes of at least 4 members (excludes halogenated alkanes) is 27. The Bertz CT molecular complexity index is 6370. The number of esters is 2. The molecule has 0 saturated carbocycles. The molecule has 0 radical (unpaired) electrons. The summed E-state index contributed by atoms with van der Waals surface area (Å²) in [6, 6.07) is 22.3. The number of pyridine rings is 6. The first-order valence-corrected chi connectivity index (χ1v) is 56.9. The maximum absolute atomic E-state index is 13.7. The standard InChI is InChI=1S/C42H56N4O4.C41H53N3O6.C41H53N3O5S/c1-4-7-8-9-10-11-12-13-14-15-16-17-18-19-20-21-26-44-41(43)50-30-22-24-36-33(27-30)31(5-2)34-29-46-37(39(34)45-36)28-35-32(40(46)48)23-25-38(47)42(35,49)6-3;1-4-7-8-9-10-11-12-13-14-15-16-17-18-19-20-21-24-42-40(47)50-29-22-23-35-31(25-29)30(5-2)32-27-44-36(37(32)43-35)26-34-33(38(44)45)28-49-39(46)41(34,48)6-3;1-4-7-8-9-10-11-12-13-14-15-16-17-18-19-20-21-24-42-40(50)49-29-22-23-35-31(25-29)30(5-2)32-27-44-36(37(32)43-35)26-34-33(38(44)45)28-48-39(46)41(34,47)6-3/h10-11,13-14,22,24,27-28,49H,4-9,12,15-21,23,25-26,29H2,1-3H3,(H2,43,44);10-11,13-14,22-23,25-26,48H,4-9,12,15-21,24,27-28H2,1-3H3,(H,42,47);10-11,13-14,22-23,25-26,47H,4-9,12,15-21,24,27-28H2,1-3H3,(H,42,50)/b3*11-10-,14-13-/t42-;2*41-/m000/s1. The number of amidine groups is 1. The molecule has 0 bridgehead atoms. The summed E-state index contributed by atoms with van der Waals surface area (Å²) >= 11 is 5.51. The number of nitrogens with two attached hydrogens (primary N) is 1. The number of ketones is 1. The molecule has 0 fully saturated rings. The van der Waals surface area contributed by atoms with Gasteiger partial charge in [0, 0.05) is 81.2 Å². The van der Waals surface area contributed by atoms with Gasteiger partial charge in [-0.3, -0.25) is 19.2 Å². The number of thiocarbonyl (C=S) groups is 1. The molecule has 804 valence electrons. The zero-order chi connectivity index (χ0) is 107. The minimum atomic E-state index is -1.87. The van der Waals surface area contributed by atoms with E-state index in [4.69, 9.17) is 56.6 Å². The lowest BCUT2D eigenvalue weighted by atomic mass is 9.77. The number of ether oxygens (including phenoxy) is 5. The number of cyclic esters (lactones) is 2. The van der Waals surface area contributed by atoms with Gasteiger partial charge in [0.05, 0.1) is 81.5 Å². The lowest BCUT2D eigenvalue weighted by Gasteiger charge is -2.32. The summed E-state index contributed by atoms with van der Waals surface area (Å²) in [4.78, 5) is 111. The molecule has 6 aliphatic rings. The van der Waals surface area contributed by atoms with Gasteiger partial charge < -0.3 is 69.1 Å². The summed E-state index contributed by atoms with van der Waals surface area (Å²) in [6.07, 6.45) is 73.3. The monoisotopic (exact) mass is 2060 g/mol. The van der Waals surface area contributed by atoms with Crippen molar-refractivity contribution in [2.45, 2.75) is 394 Å². The number of fused-ring (bicyclic) bond motifs is 15. The molecular formula is C124H162N10O15S. The average Bonchev–Trinajstić information content (AvgIpc) is 1.54.